The molecule has 0 bridgehead atoms. The summed E-state index contributed by atoms with van der Waals surface area (Å²) in [6.45, 7) is 12.1. The number of allylic oxidation sites excluding steroid dienone is 1. The van der Waals surface area contributed by atoms with E-state index < -0.39 is 0 Å². The van der Waals surface area contributed by atoms with Crippen molar-refractivity contribution in [1.29, 1.82) is 0 Å². The maximum absolute atomic E-state index is 11.1. The van der Waals surface area contributed by atoms with Crippen LogP contribution >= 0.6 is 0 Å². The van der Waals surface area contributed by atoms with Crippen LogP contribution in [0.15, 0.2) is 12.2 Å². The van der Waals surface area contributed by atoms with Gasteiger partial charge in [-0.25, -0.2) is 0 Å². The van der Waals surface area contributed by atoms with E-state index in [9.17, 15) is 4.79 Å². The summed E-state index contributed by atoms with van der Waals surface area (Å²) >= 11 is 0. The van der Waals surface area contributed by atoms with E-state index >= 15 is 0 Å². The highest BCUT2D eigenvalue weighted by molar-refractivity contribution is 5.87. The van der Waals surface area contributed by atoms with Gasteiger partial charge in [-0.3, -0.25) is 9.69 Å². The molecule has 15 heavy (non-hydrogen) atoms. The summed E-state index contributed by atoms with van der Waals surface area (Å²) in [4.78, 5) is 13.5. The third kappa shape index (κ3) is 6.28. The van der Waals surface area contributed by atoms with Gasteiger partial charge in [-0.1, -0.05) is 6.08 Å². The predicted molar refractivity (Wildman–Crippen MR) is 64.8 cm³/mol. The van der Waals surface area contributed by atoms with Crippen LogP contribution < -0.4 is 5.32 Å². The molecule has 1 N–H and O–H groups in total. The Kier molecular flexibility index (Phi) is 7.05. The van der Waals surface area contributed by atoms with Crippen LogP contribution in [0.2, 0.25) is 0 Å². The maximum atomic E-state index is 11.1. The number of nitrogens with one attached hydrogen (secondary N) is 1. The van der Waals surface area contributed by atoms with Gasteiger partial charge >= 0.3 is 0 Å². The molecule has 0 atom stereocenters. The molecule has 0 rings (SSSR count). The van der Waals surface area contributed by atoms with Crippen LogP contribution in [0.3, 0.4) is 0 Å². The number of hydrogen-bond donors (Lipinski definition) is 1. The van der Waals surface area contributed by atoms with E-state index in [1.807, 2.05) is 6.92 Å². The maximum Gasteiger partial charge on any atom is 0.243 e. The first-order valence-corrected chi connectivity index (χ1v) is 5.65. The average molecular weight is 212 g/mol. The zero-order valence-corrected chi connectivity index (χ0v) is 10.6. The van der Waals surface area contributed by atoms with Gasteiger partial charge in [0.25, 0.3) is 0 Å². The first-order chi connectivity index (χ1) is 6.99. The van der Waals surface area contributed by atoms with E-state index in [4.69, 9.17) is 0 Å². The van der Waals surface area contributed by atoms with Gasteiger partial charge in [0, 0.05) is 25.2 Å². The fraction of sp³-hybridized carbons (Fsp3) is 0.750. The van der Waals surface area contributed by atoms with E-state index in [0.717, 1.165) is 6.54 Å². The lowest BCUT2D eigenvalue weighted by atomic mass is 10.2. The van der Waals surface area contributed by atoms with Gasteiger partial charge in [-0.05, 0) is 40.7 Å². The molecule has 0 heterocycles. The number of nitrogens with zero attached hydrogens (tertiary/aromatic N) is 1. The lowest BCUT2D eigenvalue weighted by molar-refractivity contribution is -0.116. The summed E-state index contributed by atoms with van der Waals surface area (Å²) in [6, 6.07) is 1.03. The topological polar surface area (TPSA) is 32.3 Å². The molecule has 0 aliphatic rings. The van der Waals surface area contributed by atoms with Crippen molar-refractivity contribution in [1.82, 2.24) is 10.2 Å². The van der Waals surface area contributed by atoms with Crippen LogP contribution in [0.25, 0.3) is 0 Å². The van der Waals surface area contributed by atoms with Gasteiger partial charge in [0.1, 0.15) is 0 Å². The summed E-state index contributed by atoms with van der Waals surface area (Å²) in [5.74, 6) is -0.00929. The minimum absolute atomic E-state index is 0.00929. The largest absolute Gasteiger partial charge is 0.351 e. The van der Waals surface area contributed by atoms with Crippen LogP contribution in [0.5, 0.6) is 0 Å². The molecule has 0 spiro atoms. The molecule has 0 fully saturated rings. The molecular weight excluding hydrogens is 188 g/mol. The molecule has 0 aromatic heterocycles. The molecule has 0 aromatic rings. The summed E-state index contributed by atoms with van der Waals surface area (Å²) in [6.07, 6.45) is 3.30. The van der Waals surface area contributed by atoms with Crippen molar-refractivity contribution in [2.24, 2.45) is 0 Å². The third-order valence-electron chi connectivity index (χ3n) is 2.31. The Bertz CT molecular complexity index is 202. The Morgan fingerprint density at radius 1 is 1.27 bits per heavy atom. The SMILES string of the molecule is CC=CC(=O)NCCN(C(C)C)C(C)C. The molecule has 0 saturated heterocycles. The fourth-order valence-corrected chi connectivity index (χ4v) is 1.63. The zero-order valence-electron chi connectivity index (χ0n) is 10.6. The quantitative estimate of drug-likeness (QED) is 0.681. The number of amides is 1. The van der Waals surface area contributed by atoms with Crippen molar-refractivity contribution in [3.8, 4) is 0 Å². The highest BCUT2D eigenvalue weighted by Gasteiger charge is 2.12. The lowest BCUT2D eigenvalue weighted by Gasteiger charge is -2.30. The van der Waals surface area contributed by atoms with E-state index in [0.29, 0.717) is 18.6 Å². The van der Waals surface area contributed by atoms with Gasteiger partial charge in [0.05, 0.1) is 0 Å². The van der Waals surface area contributed by atoms with Crippen LogP contribution in [0.1, 0.15) is 34.6 Å². The minimum atomic E-state index is -0.00929. The second-order valence-corrected chi connectivity index (χ2v) is 4.22. The minimum Gasteiger partial charge on any atom is -0.351 e. The molecule has 88 valence electrons. The average Bonchev–Trinajstić information content (AvgIpc) is 2.11. The summed E-state index contributed by atoms with van der Waals surface area (Å²) in [5, 5.41) is 2.86. The molecule has 0 saturated carbocycles. The van der Waals surface area contributed by atoms with Crippen molar-refractivity contribution in [2.45, 2.75) is 46.7 Å². The Morgan fingerprint density at radius 3 is 2.20 bits per heavy atom. The van der Waals surface area contributed by atoms with Gasteiger partial charge in [0.2, 0.25) is 5.91 Å². The molecule has 3 heteroatoms. The second kappa shape index (κ2) is 7.46. The van der Waals surface area contributed by atoms with Gasteiger partial charge in [-0.2, -0.15) is 0 Å². The zero-order chi connectivity index (χ0) is 11.8. The van der Waals surface area contributed by atoms with Crippen molar-refractivity contribution in [3.05, 3.63) is 12.2 Å². The van der Waals surface area contributed by atoms with Gasteiger partial charge in [0.15, 0.2) is 0 Å². The lowest BCUT2D eigenvalue weighted by Crippen LogP contribution is -2.42. The first-order valence-electron chi connectivity index (χ1n) is 5.65. The van der Waals surface area contributed by atoms with E-state index in [1.54, 1.807) is 12.2 Å². The first kappa shape index (κ1) is 14.2. The molecule has 1 amide bonds. The summed E-state index contributed by atoms with van der Waals surface area (Å²) < 4.78 is 0. The van der Waals surface area contributed by atoms with E-state index in [2.05, 4.69) is 37.9 Å². The molecule has 3 nitrogen and oxygen atoms in total. The van der Waals surface area contributed by atoms with Gasteiger partial charge in [-0.15, -0.1) is 0 Å². The van der Waals surface area contributed by atoms with Crippen LogP contribution in [-0.4, -0.2) is 36.0 Å². The molecule has 0 aromatic carbocycles. The highest BCUT2D eigenvalue weighted by Crippen LogP contribution is 2.03. The molecule has 0 unspecified atom stereocenters. The standard InChI is InChI=1S/C12H24N2O/c1-6-7-12(15)13-8-9-14(10(2)3)11(4)5/h6-7,10-11H,8-9H2,1-5H3,(H,13,15). The van der Waals surface area contributed by atoms with Crippen molar-refractivity contribution in [2.75, 3.05) is 13.1 Å². The second-order valence-electron chi connectivity index (χ2n) is 4.22. The highest BCUT2D eigenvalue weighted by atomic mass is 16.1. The number of carbonyl (C=O) groups is 1. The monoisotopic (exact) mass is 212 g/mol. The van der Waals surface area contributed by atoms with Crippen molar-refractivity contribution in [3.63, 3.8) is 0 Å². The Labute approximate surface area is 93.5 Å². The van der Waals surface area contributed by atoms with Crippen molar-refractivity contribution < 1.29 is 4.79 Å². The summed E-state index contributed by atoms with van der Waals surface area (Å²) in [7, 11) is 0. The van der Waals surface area contributed by atoms with Crippen molar-refractivity contribution >= 4 is 5.91 Å². The Balaban J connectivity index is 3.86. The predicted octanol–water partition coefficient (Wildman–Crippen LogP) is 1.80. The number of hydrogen-bond acceptors (Lipinski definition) is 2. The molecule has 0 radical (unpaired) electrons. The van der Waals surface area contributed by atoms with Crippen LogP contribution in [0, 0.1) is 0 Å². The van der Waals surface area contributed by atoms with Crippen LogP contribution in [-0.2, 0) is 4.79 Å². The summed E-state index contributed by atoms with van der Waals surface area (Å²) in [5.41, 5.74) is 0. The molecule has 0 aliphatic carbocycles. The van der Waals surface area contributed by atoms with Gasteiger partial charge < -0.3 is 5.32 Å². The normalized spacial score (nSPS) is 12.0. The van der Waals surface area contributed by atoms with E-state index in [1.165, 1.54) is 0 Å². The smallest absolute Gasteiger partial charge is 0.243 e. The number of rotatable bonds is 6. The number of carbonyl (C=O) groups excluding carboxylic acids is 1. The molecule has 0 aliphatic heterocycles. The van der Waals surface area contributed by atoms with E-state index in [-0.39, 0.29) is 5.91 Å². The fourth-order valence-electron chi connectivity index (χ4n) is 1.63. The Hall–Kier alpha value is -0.830. The third-order valence-corrected chi connectivity index (χ3v) is 2.31. The molecular formula is C12H24N2O. The Morgan fingerprint density at radius 2 is 1.80 bits per heavy atom. The van der Waals surface area contributed by atoms with Crippen LogP contribution in [0.4, 0.5) is 0 Å².